The van der Waals surface area contributed by atoms with E-state index in [1.165, 1.54) is 24.3 Å². The molecule has 0 heterocycles. The Morgan fingerprint density at radius 2 is 1.35 bits per heavy atom. The maximum absolute atomic E-state index is 13.2. The normalized spacial score (nSPS) is 12.7. The van der Waals surface area contributed by atoms with Gasteiger partial charge >= 0.3 is 0 Å². The van der Waals surface area contributed by atoms with Gasteiger partial charge in [0.05, 0.1) is 6.04 Å². The predicted molar refractivity (Wildman–Crippen MR) is 118 cm³/mol. The molecule has 0 aliphatic carbocycles. The van der Waals surface area contributed by atoms with Crippen molar-refractivity contribution in [2.75, 3.05) is 6.61 Å². The topological polar surface area (TPSA) is 66.4 Å². The molecule has 1 amide bonds. The summed E-state index contributed by atoms with van der Waals surface area (Å²) in [6.07, 6.45) is 1.07. The van der Waals surface area contributed by atoms with Crippen LogP contribution in [0, 0.1) is 11.7 Å². The summed E-state index contributed by atoms with van der Waals surface area (Å²) in [6, 6.07) is 23.6. The van der Waals surface area contributed by atoms with Crippen LogP contribution >= 0.6 is 0 Å². The quantitative estimate of drug-likeness (QED) is 0.522. The first kappa shape index (κ1) is 22.4. The maximum atomic E-state index is 13.2. The molecule has 31 heavy (non-hydrogen) atoms. The monoisotopic (exact) mass is 419 g/mol. The molecule has 4 nitrogen and oxygen atoms in total. The number of aliphatic hydroxyl groups is 1. The molecular weight excluding hydrogens is 393 g/mol. The van der Waals surface area contributed by atoms with E-state index in [4.69, 9.17) is 0 Å². The van der Waals surface area contributed by atoms with Gasteiger partial charge in [-0.1, -0.05) is 60.7 Å². The second-order valence-electron chi connectivity index (χ2n) is 7.63. The van der Waals surface area contributed by atoms with Crippen molar-refractivity contribution in [1.82, 2.24) is 5.32 Å². The highest BCUT2D eigenvalue weighted by Crippen LogP contribution is 2.16. The van der Waals surface area contributed by atoms with Crippen LogP contribution in [0.2, 0.25) is 0 Å². The highest BCUT2D eigenvalue weighted by Gasteiger charge is 2.25. The third-order valence-electron chi connectivity index (χ3n) is 5.20. The molecule has 0 spiro atoms. The number of nitrogens with one attached hydrogen (secondary N) is 1. The molecule has 3 aromatic rings. The van der Waals surface area contributed by atoms with Crippen LogP contribution in [0.25, 0.3) is 0 Å². The van der Waals surface area contributed by atoms with Gasteiger partial charge in [-0.3, -0.25) is 9.59 Å². The molecule has 2 N–H and O–H groups in total. The average Bonchev–Trinajstić information content (AvgIpc) is 2.80. The highest BCUT2D eigenvalue weighted by atomic mass is 19.1. The Bertz CT molecular complexity index is 975. The molecule has 2 atom stereocenters. The third-order valence-corrected chi connectivity index (χ3v) is 5.20. The van der Waals surface area contributed by atoms with Crippen LogP contribution in [0.3, 0.4) is 0 Å². The van der Waals surface area contributed by atoms with Gasteiger partial charge in [0, 0.05) is 18.6 Å². The molecule has 0 aliphatic rings. The van der Waals surface area contributed by atoms with E-state index in [1.807, 2.05) is 60.7 Å². The summed E-state index contributed by atoms with van der Waals surface area (Å²) < 4.78 is 13.2. The Morgan fingerprint density at radius 1 is 0.806 bits per heavy atom. The zero-order chi connectivity index (χ0) is 22.1. The molecule has 0 aromatic heterocycles. The van der Waals surface area contributed by atoms with Crippen molar-refractivity contribution in [3.05, 3.63) is 107 Å². The van der Waals surface area contributed by atoms with E-state index >= 15 is 0 Å². The minimum Gasteiger partial charge on any atom is -0.396 e. The standard InChI is InChI=1S/C26H26FNO3/c27-23-13-11-22(12-14-23)26(31)28-24(16-20-9-5-2-6-10-20)25(30)17-21(18-29)15-19-7-3-1-4-8-19/h1-14,21,24,29H,15-18H2,(H,28,31)/t21-,24+/m1/s1. The Balaban J connectivity index is 1.73. The molecular formula is C26H26FNO3. The van der Waals surface area contributed by atoms with Crippen LogP contribution in [-0.4, -0.2) is 29.4 Å². The number of amides is 1. The van der Waals surface area contributed by atoms with Gasteiger partial charge < -0.3 is 10.4 Å². The van der Waals surface area contributed by atoms with Crippen molar-refractivity contribution in [2.45, 2.75) is 25.3 Å². The molecule has 0 saturated carbocycles. The second-order valence-corrected chi connectivity index (χ2v) is 7.63. The lowest BCUT2D eigenvalue weighted by atomic mass is 9.90. The lowest BCUT2D eigenvalue weighted by molar-refractivity contribution is -0.122. The van der Waals surface area contributed by atoms with Gasteiger partial charge in [-0.25, -0.2) is 4.39 Å². The predicted octanol–water partition coefficient (Wildman–Crippen LogP) is 3.98. The molecule has 5 heteroatoms. The number of aliphatic hydroxyl groups excluding tert-OH is 1. The first-order valence-corrected chi connectivity index (χ1v) is 10.3. The third kappa shape index (κ3) is 6.86. The molecule has 0 bridgehead atoms. The fourth-order valence-electron chi connectivity index (χ4n) is 3.51. The van der Waals surface area contributed by atoms with Crippen LogP contribution in [0.4, 0.5) is 4.39 Å². The van der Waals surface area contributed by atoms with E-state index in [0.29, 0.717) is 12.8 Å². The SMILES string of the molecule is O=C(N[C@@H](Cc1ccccc1)C(=O)C[C@H](CO)Cc1ccccc1)c1ccc(F)cc1. The fraction of sp³-hybridized carbons (Fsp3) is 0.231. The molecule has 3 aromatic carbocycles. The first-order valence-electron chi connectivity index (χ1n) is 10.3. The van der Waals surface area contributed by atoms with Gasteiger partial charge in [0.15, 0.2) is 5.78 Å². The lowest BCUT2D eigenvalue weighted by Crippen LogP contribution is -2.43. The fourth-order valence-corrected chi connectivity index (χ4v) is 3.51. The highest BCUT2D eigenvalue weighted by molar-refractivity contribution is 5.98. The van der Waals surface area contributed by atoms with Crippen molar-refractivity contribution in [3.63, 3.8) is 0 Å². The Morgan fingerprint density at radius 3 is 1.90 bits per heavy atom. The van der Waals surface area contributed by atoms with Gasteiger partial charge in [0.2, 0.25) is 0 Å². The van der Waals surface area contributed by atoms with Crippen molar-refractivity contribution in [3.8, 4) is 0 Å². The summed E-state index contributed by atoms with van der Waals surface area (Å²) in [5.41, 5.74) is 2.25. The lowest BCUT2D eigenvalue weighted by Gasteiger charge is -2.21. The maximum Gasteiger partial charge on any atom is 0.251 e. The number of hydrogen-bond donors (Lipinski definition) is 2. The van der Waals surface area contributed by atoms with Crippen molar-refractivity contribution >= 4 is 11.7 Å². The van der Waals surface area contributed by atoms with Gasteiger partial charge in [-0.2, -0.15) is 0 Å². The number of halogens is 1. The van der Waals surface area contributed by atoms with Gasteiger partial charge in [-0.15, -0.1) is 0 Å². The average molecular weight is 419 g/mol. The second kappa shape index (κ2) is 11.2. The van der Waals surface area contributed by atoms with Gasteiger partial charge in [0.1, 0.15) is 5.82 Å². The number of carbonyl (C=O) groups excluding carboxylic acids is 2. The van der Waals surface area contributed by atoms with E-state index in [1.54, 1.807) is 0 Å². The van der Waals surface area contributed by atoms with Crippen molar-refractivity contribution in [2.24, 2.45) is 5.92 Å². The van der Waals surface area contributed by atoms with Crippen LogP contribution < -0.4 is 5.32 Å². The number of ketones is 1. The number of Topliss-reactive ketones (excluding diaryl/α,β-unsaturated/α-hetero) is 1. The smallest absolute Gasteiger partial charge is 0.251 e. The summed E-state index contributed by atoms with van der Waals surface area (Å²) in [6.45, 7) is -0.120. The van der Waals surface area contributed by atoms with Crippen molar-refractivity contribution in [1.29, 1.82) is 0 Å². The molecule has 160 valence electrons. The van der Waals surface area contributed by atoms with E-state index in [-0.39, 0.29) is 30.3 Å². The number of benzene rings is 3. The molecule has 0 aliphatic heterocycles. The van der Waals surface area contributed by atoms with Crippen LogP contribution in [0.5, 0.6) is 0 Å². The van der Waals surface area contributed by atoms with Crippen LogP contribution in [-0.2, 0) is 17.6 Å². The molecule has 0 unspecified atom stereocenters. The summed E-state index contributed by atoms with van der Waals surface area (Å²) >= 11 is 0. The molecule has 0 radical (unpaired) electrons. The number of carbonyl (C=O) groups is 2. The summed E-state index contributed by atoms with van der Waals surface area (Å²) in [7, 11) is 0. The van der Waals surface area contributed by atoms with Gasteiger partial charge in [-0.05, 0) is 54.2 Å². The Kier molecular flexibility index (Phi) is 8.07. The summed E-state index contributed by atoms with van der Waals surface area (Å²) in [5.74, 6) is -1.25. The van der Waals surface area contributed by atoms with E-state index < -0.39 is 17.8 Å². The summed E-state index contributed by atoms with van der Waals surface area (Å²) in [5, 5.41) is 12.6. The van der Waals surface area contributed by atoms with E-state index in [9.17, 15) is 19.1 Å². The molecule has 3 rings (SSSR count). The Hall–Kier alpha value is -3.31. The van der Waals surface area contributed by atoms with E-state index in [0.717, 1.165) is 11.1 Å². The minimum absolute atomic E-state index is 0.120. The van der Waals surface area contributed by atoms with Crippen molar-refractivity contribution < 1.29 is 19.1 Å². The molecule has 0 fully saturated rings. The number of hydrogen-bond acceptors (Lipinski definition) is 3. The molecule has 0 saturated heterocycles. The largest absolute Gasteiger partial charge is 0.396 e. The Labute approximate surface area is 181 Å². The minimum atomic E-state index is -0.746. The van der Waals surface area contributed by atoms with Crippen LogP contribution in [0.1, 0.15) is 27.9 Å². The summed E-state index contributed by atoms with van der Waals surface area (Å²) in [4.78, 5) is 25.8. The first-order chi connectivity index (χ1) is 15.0. The zero-order valence-corrected chi connectivity index (χ0v) is 17.2. The van der Waals surface area contributed by atoms with E-state index in [2.05, 4.69) is 5.32 Å². The van der Waals surface area contributed by atoms with Gasteiger partial charge in [0.25, 0.3) is 5.91 Å². The zero-order valence-electron chi connectivity index (χ0n) is 17.2. The van der Waals surface area contributed by atoms with Crippen LogP contribution in [0.15, 0.2) is 84.9 Å². The number of rotatable bonds is 10.